The van der Waals surface area contributed by atoms with E-state index in [2.05, 4.69) is 0 Å². The molecule has 1 aromatic carbocycles. The summed E-state index contributed by atoms with van der Waals surface area (Å²) in [5, 5.41) is 9.49. The predicted octanol–water partition coefficient (Wildman–Crippen LogP) is 1.94. The zero-order valence-electron chi connectivity index (χ0n) is 7.24. The van der Waals surface area contributed by atoms with E-state index in [1.165, 1.54) is 0 Å². The zero-order valence-corrected chi connectivity index (χ0v) is 7.24. The van der Waals surface area contributed by atoms with Crippen molar-refractivity contribution in [2.45, 2.75) is 25.7 Å². The maximum Gasteiger partial charge on any atom is 0.182 e. The SMILES string of the molecule is CC1(C)O[C@@H](O)c2ccccc21. The molecule has 0 aliphatic carbocycles. The van der Waals surface area contributed by atoms with E-state index in [1.54, 1.807) is 0 Å². The third-order valence-electron chi connectivity index (χ3n) is 2.28. The van der Waals surface area contributed by atoms with E-state index in [0.717, 1.165) is 11.1 Å². The van der Waals surface area contributed by atoms with Crippen molar-refractivity contribution in [2.24, 2.45) is 0 Å². The van der Waals surface area contributed by atoms with E-state index in [0.29, 0.717) is 0 Å². The van der Waals surface area contributed by atoms with Crippen molar-refractivity contribution in [3.05, 3.63) is 35.4 Å². The molecule has 1 atom stereocenters. The first-order chi connectivity index (χ1) is 5.61. The highest BCUT2D eigenvalue weighted by atomic mass is 16.6. The molecule has 64 valence electrons. The first-order valence-corrected chi connectivity index (χ1v) is 4.06. The Labute approximate surface area is 71.8 Å². The molecule has 1 aliphatic rings. The van der Waals surface area contributed by atoms with Crippen LogP contribution >= 0.6 is 0 Å². The summed E-state index contributed by atoms with van der Waals surface area (Å²) >= 11 is 0. The van der Waals surface area contributed by atoms with Crippen LogP contribution in [-0.4, -0.2) is 5.11 Å². The zero-order chi connectivity index (χ0) is 8.77. The van der Waals surface area contributed by atoms with Gasteiger partial charge in [-0.15, -0.1) is 0 Å². The molecule has 1 heterocycles. The van der Waals surface area contributed by atoms with Gasteiger partial charge in [0.1, 0.15) is 0 Å². The van der Waals surface area contributed by atoms with E-state index in [1.807, 2.05) is 38.1 Å². The molecule has 2 rings (SSSR count). The minimum Gasteiger partial charge on any atom is -0.364 e. The Morgan fingerprint density at radius 1 is 1.33 bits per heavy atom. The lowest BCUT2D eigenvalue weighted by molar-refractivity contribution is -0.157. The molecule has 1 aromatic rings. The molecule has 0 spiro atoms. The van der Waals surface area contributed by atoms with Crippen LogP contribution in [0.15, 0.2) is 24.3 Å². The van der Waals surface area contributed by atoms with Crippen LogP contribution in [0.5, 0.6) is 0 Å². The first-order valence-electron chi connectivity index (χ1n) is 4.06. The van der Waals surface area contributed by atoms with Crippen molar-refractivity contribution in [3.63, 3.8) is 0 Å². The largest absolute Gasteiger partial charge is 0.364 e. The molecule has 0 saturated heterocycles. The summed E-state index contributed by atoms with van der Waals surface area (Å²) < 4.78 is 5.37. The molecule has 0 aromatic heterocycles. The Kier molecular flexibility index (Phi) is 1.50. The molecule has 1 N–H and O–H groups in total. The van der Waals surface area contributed by atoms with Gasteiger partial charge in [0.15, 0.2) is 6.29 Å². The molecule has 0 unspecified atom stereocenters. The van der Waals surface area contributed by atoms with E-state index in [9.17, 15) is 5.11 Å². The van der Waals surface area contributed by atoms with Gasteiger partial charge in [0.25, 0.3) is 0 Å². The summed E-state index contributed by atoms with van der Waals surface area (Å²) in [6, 6.07) is 7.76. The summed E-state index contributed by atoms with van der Waals surface area (Å²) in [5.74, 6) is 0. The van der Waals surface area contributed by atoms with Crippen LogP contribution in [0.25, 0.3) is 0 Å². The molecule has 0 fully saturated rings. The first kappa shape index (κ1) is 7.77. The molecule has 12 heavy (non-hydrogen) atoms. The van der Waals surface area contributed by atoms with Gasteiger partial charge in [0.05, 0.1) is 5.60 Å². The summed E-state index contributed by atoms with van der Waals surface area (Å²) in [6.07, 6.45) is -0.754. The number of rotatable bonds is 0. The number of benzene rings is 1. The fourth-order valence-electron chi connectivity index (χ4n) is 1.67. The second-order valence-electron chi connectivity index (χ2n) is 3.57. The highest BCUT2D eigenvalue weighted by Gasteiger charge is 2.36. The lowest BCUT2D eigenvalue weighted by atomic mass is 9.96. The molecule has 1 aliphatic heterocycles. The number of aliphatic hydroxyl groups excluding tert-OH is 1. The second kappa shape index (κ2) is 2.31. The fourth-order valence-corrected chi connectivity index (χ4v) is 1.67. The van der Waals surface area contributed by atoms with Gasteiger partial charge in [-0.05, 0) is 19.4 Å². The summed E-state index contributed by atoms with van der Waals surface area (Å²) in [6.45, 7) is 3.92. The van der Waals surface area contributed by atoms with Gasteiger partial charge in [0.2, 0.25) is 0 Å². The van der Waals surface area contributed by atoms with Gasteiger partial charge in [0, 0.05) is 5.56 Å². The highest BCUT2D eigenvalue weighted by molar-refractivity contribution is 5.35. The van der Waals surface area contributed by atoms with Crippen LogP contribution in [-0.2, 0) is 10.3 Å². The average Bonchev–Trinajstić information content (AvgIpc) is 2.25. The van der Waals surface area contributed by atoms with Gasteiger partial charge in [-0.25, -0.2) is 0 Å². The van der Waals surface area contributed by atoms with Gasteiger partial charge in [-0.2, -0.15) is 0 Å². The Hall–Kier alpha value is -0.860. The predicted molar refractivity (Wildman–Crippen MR) is 45.5 cm³/mol. The van der Waals surface area contributed by atoms with Crippen molar-refractivity contribution in [2.75, 3.05) is 0 Å². The Morgan fingerprint density at radius 2 is 2.00 bits per heavy atom. The maximum atomic E-state index is 9.49. The van der Waals surface area contributed by atoms with Crippen molar-refractivity contribution in [1.29, 1.82) is 0 Å². The van der Waals surface area contributed by atoms with Gasteiger partial charge in [-0.3, -0.25) is 0 Å². The number of hydrogen-bond acceptors (Lipinski definition) is 2. The lowest BCUT2D eigenvalue weighted by Gasteiger charge is -2.18. The number of ether oxygens (including phenoxy) is 1. The van der Waals surface area contributed by atoms with Crippen molar-refractivity contribution in [1.82, 2.24) is 0 Å². The monoisotopic (exact) mass is 164 g/mol. The Bertz CT molecular complexity index is 304. The summed E-state index contributed by atoms with van der Waals surface area (Å²) in [7, 11) is 0. The van der Waals surface area contributed by atoms with Crippen LogP contribution in [0.4, 0.5) is 0 Å². The quantitative estimate of drug-likeness (QED) is 0.635. The highest BCUT2D eigenvalue weighted by Crippen LogP contribution is 2.41. The van der Waals surface area contributed by atoms with E-state index < -0.39 is 6.29 Å². The molecule has 0 bridgehead atoms. The molecule has 0 radical (unpaired) electrons. The molecule has 0 saturated carbocycles. The van der Waals surface area contributed by atoms with Crippen molar-refractivity contribution in [3.8, 4) is 0 Å². The normalized spacial score (nSPS) is 25.4. The van der Waals surface area contributed by atoms with E-state index in [-0.39, 0.29) is 5.60 Å². The minimum absolute atomic E-state index is 0.351. The third kappa shape index (κ3) is 0.958. The standard InChI is InChI=1S/C10H12O2/c1-10(2)8-6-4-3-5-7(8)9(11)12-10/h3-6,9,11H,1-2H3/t9-/m1/s1. The summed E-state index contributed by atoms with van der Waals surface area (Å²) in [5.41, 5.74) is 1.62. The number of fused-ring (bicyclic) bond motifs is 1. The molecule has 2 heteroatoms. The maximum absolute atomic E-state index is 9.49. The lowest BCUT2D eigenvalue weighted by Crippen LogP contribution is -2.15. The second-order valence-corrected chi connectivity index (χ2v) is 3.57. The third-order valence-corrected chi connectivity index (χ3v) is 2.28. The van der Waals surface area contributed by atoms with Crippen LogP contribution in [0.2, 0.25) is 0 Å². The van der Waals surface area contributed by atoms with Crippen LogP contribution in [0, 0.1) is 0 Å². The number of aliphatic hydroxyl groups is 1. The smallest absolute Gasteiger partial charge is 0.182 e. The van der Waals surface area contributed by atoms with Crippen molar-refractivity contribution >= 4 is 0 Å². The minimum atomic E-state index is -0.754. The molecular weight excluding hydrogens is 152 g/mol. The molecule has 2 nitrogen and oxygen atoms in total. The average molecular weight is 164 g/mol. The topological polar surface area (TPSA) is 29.5 Å². The van der Waals surface area contributed by atoms with Crippen LogP contribution < -0.4 is 0 Å². The Balaban J connectivity index is 2.58. The van der Waals surface area contributed by atoms with Gasteiger partial charge >= 0.3 is 0 Å². The Morgan fingerprint density at radius 3 is 2.67 bits per heavy atom. The van der Waals surface area contributed by atoms with E-state index >= 15 is 0 Å². The van der Waals surface area contributed by atoms with Crippen LogP contribution in [0.3, 0.4) is 0 Å². The van der Waals surface area contributed by atoms with Gasteiger partial charge in [-0.1, -0.05) is 24.3 Å². The molecule has 0 amide bonds. The summed E-state index contributed by atoms with van der Waals surface area (Å²) in [4.78, 5) is 0. The van der Waals surface area contributed by atoms with Gasteiger partial charge < -0.3 is 9.84 Å². The molecular formula is C10H12O2. The fraction of sp³-hybridized carbons (Fsp3) is 0.400. The van der Waals surface area contributed by atoms with Crippen molar-refractivity contribution < 1.29 is 9.84 Å². The number of hydrogen-bond donors (Lipinski definition) is 1. The van der Waals surface area contributed by atoms with E-state index in [4.69, 9.17) is 4.74 Å². The van der Waals surface area contributed by atoms with Crippen LogP contribution in [0.1, 0.15) is 31.3 Å².